The average Bonchev–Trinajstić information content (AvgIpc) is 2.93. The lowest BCUT2D eigenvalue weighted by molar-refractivity contribution is -0.124. The van der Waals surface area contributed by atoms with Crippen LogP contribution in [0.1, 0.15) is 29.4 Å². The molecule has 190 valence electrons. The molecule has 0 aliphatic rings. The Morgan fingerprint density at radius 2 is 1.53 bits per heavy atom. The van der Waals surface area contributed by atoms with E-state index in [1.807, 2.05) is 85.8 Å². The summed E-state index contributed by atoms with van der Waals surface area (Å²) in [7, 11) is 1.55. The van der Waals surface area contributed by atoms with Crippen LogP contribution < -0.4 is 10.9 Å². The highest BCUT2D eigenvalue weighted by atomic mass is 16.5. The van der Waals surface area contributed by atoms with Crippen molar-refractivity contribution >= 4 is 39.1 Å². The third-order valence-electron chi connectivity index (χ3n) is 6.77. The first-order valence-corrected chi connectivity index (χ1v) is 12.6. The van der Waals surface area contributed by atoms with Crippen LogP contribution in [0.25, 0.3) is 32.7 Å². The van der Waals surface area contributed by atoms with Gasteiger partial charge in [0.1, 0.15) is 5.69 Å². The number of fused-ring (bicyclic) bond motifs is 2. The lowest BCUT2D eigenvalue weighted by Gasteiger charge is -2.20. The van der Waals surface area contributed by atoms with Crippen molar-refractivity contribution in [3.8, 4) is 11.1 Å². The molecule has 0 spiro atoms. The van der Waals surface area contributed by atoms with Gasteiger partial charge < -0.3 is 14.6 Å². The zero-order chi connectivity index (χ0) is 26.8. The normalized spacial score (nSPS) is 11.9. The molecule has 0 bridgehead atoms. The summed E-state index contributed by atoms with van der Waals surface area (Å²) in [6.07, 6.45) is -0.770. The number of hydrogen-bond acceptors (Lipinski definition) is 4. The standard InChI is InChI=1S/C32H28N2O4/c1-4-27(30(35)33-24-18-17-21-9-5-6-10-23(21)19-24)38-32(37)29-28(22-15-13-20(2)14-16-22)25-11-7-8-12-26(25)31(36)34(29)3/h5-19,27H,4H2,1-3H3,(H,33,35). The second-order valence-corrected chi connectivity index (χ2v) is 9.35. The van der Waals surface area contributed by atoms with E-state index in [4.69, 9.17) is 4.74 Å². The van der Waals surface area contributed by atoms with Gasteiger partial charge in [-0.05, 0) is 53.3 Å². The van der Waals surface area contributed by atoms with Gasteiger partial charge in [-0.25, -0.2) is 4.79 Å². The van der Waals surface area contributed by atoms with Crippen LogP contribution in [0.2, 0.25) is 0 Å². The van der Waals surface area contributed by atoms with Crippen LogP contribution in [0.4, 0.5) is 5.69 Å². The maximum Gasteiger partial charge on any atom is 0.356 e. The van der Waals surface area contributed by atoms with E-state index in [-0.39, 0.29) is 17.7 Å². The number of nitrogens with one attached hydrogen (secondary N) is 1. The highest BCUT2D eigenvalue weighted by Crippen LogP contribution is 2.31. The molecule has 1 aromatic heterocycles. The van der Waals surface area contributed by atoms with Gasteiger partial charge in [0.25, 0.3) is 11.5 Å². The highest BCUT2D eigenvalue weighted by Gasteiger charge is 2.28. The third-order valence-corrected chi connectivity index (χ3v) is 6.77. The average molecular weight is 505 g/mol. The van der Waals surface area contributed by atoms with Crippen molar-refractivity contribution < 1.29 is 14.3 Å². The SMILES string of the molecule is CCC(OC(=O)c1c(-c2ccc(C)cc2)c2ccccc2c(=O)n1C)C(=O)Nc1ccc2ccccc2c1. The number of hydrogen-bond donors (Lipinski definition) is 1. The Balaban J connectivity index is 1.51. The van der Waals surface area contributed by atoms with Gasteiger partial charge in [0, 0.05) is 23.7 Å². The lowest BCUT2D eigenvalue weighted by atomic mass is 9.96. The molecule has 0 fully saturated rings. The van der Waals surface area contributed by atoms with E-state index in [0.29, 0.717) is 22.0 Å². The fraction of sp³-hybridized carbons (Fsp3) is 0.156. The summed E-state index contributed by atoms with van der Waals surface area (Å²) in [5.41, 5.74) is 2.86. The molecule has 6 nitrogen and oxygen atoms in total. The van der Waals surface area contributed by atoms with Crippen molar-refractivity contribution in [2.75, 3.05) is 5.32 Å². The molecular weight excluding hydrogens is 476 g/mol. The molecule has 0 aliphatic carbocycles. The molecule has 1 unspecified atom stereocenters. The Bertz CT molecular complexity index is 1740. The molecule has 38 heavy (non-hydrogen) atoms. The fourth-order valence-corrected chi connectivity index (χ4v) is 4.71. The zero-order valence-corrected chi connectivity index (χ0v) is 21.5. The Morgan fingerprint density at radius 1 is 0.868 bits per heavy atom. The number of amides is 1. The number of benzene rings is 4. The first-order chi connectivity index (χ1) is 18.4. The Kier molecular flexibility index (Phi) is 6.79. The van der Waals surface area contributed by atoms with Crippen molar-refractivity contribution in [2.45, 2.75) is 26.4 Å². The number of carbonyl (C=O) groups excluding carboxylic acids is 2. The number of pyridine rings is 1. The van der Waals surface area contributed by atoms with Gasteiger partial charge in [0.05, 0.1) is 0 Å². The van der Waals surface area contributed by atoms with E-state index >= 15 is 0 Å². The van der Waals surface area contributed by atoms with Crippen LogP contribution in [-0.4, -0.2) is 22.5 Å². The molecule has 1 atom stereocenters. The molecule has 0 aliphatic heterocycles. The van der Waals surface area contributed by atoms with Crippen LogP contribution in [-0.2, 0) is 16.6 Å². The predicted octanol–water partition coefficient (Wildman–Crippen LogP) is 6.24. The van der Waals surface area contributed by atoms with Crippen LogP contribution in [0.3, 0.4) is 0 Å². The molecule has 0 saturated heterocycles. The summed E-state index contributed by atoms with van der Waals surface area (Å²) < 4.78 is 7.08. The maximum atomic E-state index is 13.7. The molecule has 0 saturated carbocycles. The second kappa shape index (κ2) is 10.3. The Hall–Kier alpha value is -4.71. The minimum Gasteiger partial charge on any atom is -0.448 e. The van der Waals surface area contributed by atoms with Gasteiger partial charge in [0.2, 0.25) is 0 Å². The number of carbonyl (C=O) groups is 2. The monoisotopic (exact) mass is 504 g/mol. The molecule has 0 radical (unpaired) electrons. The maximum absolute atomic E-state index is 13.7. The molecule has 4 aromatic carbocycles. The van der Waals surface area contributed by atoms with Crippen LogP contribution in [0.15, 0.2) is 95.8 Å². The molecule has 1 amide bonds. The lowest BCUT2D eigenvalue weighted by Crippen LogP contribution is -2.34. The smallest absolute Gasteiger partial charge is 0.356 e. The summed E-state index contributed by atoms with van der Waals surface area (Å²) in [6.45, 7) is 3.76. The topological polar surface area (TPSA) is 77.4 Å². The van der Waals surface area contributed by atoms with E-state index < -0.39 is 18.0 Å². The summed E-state index contributed by atoms with van der Waals surface area (Å²) in [5, 5.41) is 6.07. The molecule has 1 N–H and O–H groups in total. The molecule has 1 heterocycles. The van der Waals surface area contributed by atoms with Crippen molar-refractivity contribution in [2.24, 2.45) is 7.05 Å². The molecule has 5 aromatic rings. The van der Waals surface area contributed by atoms with E-state index in [9.17, 15) is 14.4 Å². The first kappa shape index (κ1) is 25.0. The molecule has 5 rings (SSSR count). The number of aromatic nitrogens is 1. The van der Waals surface area contributed by atoms with Crippen molar-refractivity contribution in [3.63, 3.8) is 0 Å². The minimum absolute atomic E-state index is 0.106. The van der Waals surface area contributed by atoms with E-state index in [1.165, 1.54) is 4.57 Å². The fourth-order valence-electron chi connectivity index (χ4n) is 4.71. The van der Waals surface area contributed by atoms with Crippen molar-refractivity contribution in [1.82, 2.24) is 4.57 Å². The van der Waals surface area contributed by atoms with Gasteiger partial charge in [-0.15, -0.1) is 0 Å². The largest absolute Gasteiger partial charge is 0.448 e. The number of ether oxygens (including phenoxy) is 1. The van der Waals surface area contributed by atoms with Crippen LogP contribution >= 0.6 is 0 Å². The summed E-state index contributed by atoms with van der Waals surface area (Å²) in [5.74, 6) is -1.16. The van der Waals surface area contributed by atoms with Crippen LogP contribution in [0, 0.1) is 6.92 Å². The minimum atomic E-state index is -1.04. The van der Waals surface area contributed by atoms with E-state index in [2.05, 4.69) is 5.32 Å². The number of esters is 1. The summed E-state index contributed by atoms with van der Waals surface area (Å²) >= 11 is 0. The quantitative estimate of drug-likeness (QED) is 0.278. The van der Waals surface area contributed by atoms with E-state index in [0.717, 1.165) is 21.9 Å². The van der Waals surface area contributed by atoms with Gasteiger partial charge in [-0.3, -0.25) is 9.59 Å². The second-order valence-electron chi connectivity index (χ2n) is 9.35. The molecular formula is C32H28N2O4. The van der Waals surface area contributed by atoms with Crippen molar-refractivity contribution in [3.05, 3.63) is 113 Å². The van der Waals surface area contributed by atoms with Gasteiger partial charge in [0.15, 0.2) is 6.10 Å². The molecule has 6 heteroatoms. The highest BCUT2D eigenvalue weighted by molar-refractivity contribution is 6.07. The summed E-state index contributed by atoms with van der Waals surface area (Å²) in [6, 6.07) is 28.4. The Morgan fingerprint density at radius 3 is 2.24 bits per heavy atom. The zero-order valence-electron chi connectivity index (χ0n) is 21.5. The third kappa shape index (κ3) is 4.68. The first-order valence-electron chi connectivity index (χ1n) is 12.6. The van der Waals surface area contributed by atoms with Gasteiger partial charge in [-0.2, -0.15) is 0 Å². The number of anilines is 1. The predicted molar refractivity (Wildman–Crippen MR) is 151 cm³/mol. The van der Waals surface area contributed by atoms with Crippen LogP contribution in [0.5, 0.6) is 0 Å². The van der Waals surface area contributed by atoms with Gasteiger partial charge >= 0.3 is 5.97 Å². The number of rotatable bonds is 6. The Labute approximate surface area is 220 Å². The van der Waals surface area contributed by atoms with E-state index in [1.54, 1.807) is 26.1 Å². The summed E-state index contributed by atoms with van der Waals surface area (Å²) in [4.78, 5) is 40.0. The number of nitrogens with zero attached hydrogens (tertiary/aromatic N) is 1. The number of aryl methyl sites for hydroxylation is 1. The van der Waals surface area contributed by atoms with Gasteiger partial charge in [-0.1, -0.05) is 85.3 Å². The van der Waals surface area contributed by atoms with Crippen molar-refractivity contribution in [1.29, 1.82) is 0 Å².